The number of aromatic nitrogens is 2. The third-order valence-corrected chi connectivity index (χ3v) is 4.79. The molecule has 7 heteroatoms. The van der Waals surface area contributed by atoms with Gasteiger partial charge >= 0.3 is 0 Å². The van der Waals surface area contributed by atoms with E-state index in [1.165, 1.54) is 6.26 Å². The first-order valence-corrected chi connectivity index (χ1v) is 8.50. The zero-order valence-corrected chi connectivity index (χ0v) is 14.5. The number of aromatic amines is 2. The summed E-state index contributed by atoms with van der Waals surface area (Å²) in [6.45, 7) is 3.61. The van der Waals surface area contributed by atoms with Crippen LogP contribution < -0.4 is 11.0 Å². The van der Waals surface area contributed by atoms with Crippen molar-refractivity contribution in [1.29, 1.82) is 0 Å². The van der Waals surface area contributed by atoms with Crippen molar-refractivity contribution in [2.45, 2.75) is 26.4 Å². The van der Waals surface area contributed by atoms with E-state index in [9.17, 15) is 9.59 Å². The Kier molecular flexibility index (Phi) is 3.89. The Hall–Kier alpha value is -2.51. The molecule has 0 saturated carbocycles. The number of rotatable bonds is 2. The maximum atomic E-state index is 12.7. The van der Waals surface area contributed by atoms with Crippen LogP contribution in [0.5, 0.6) is 0 Å². The van der Waals surface area contributed by atoms with E-state index in [0.717, 1.165) is 17.8 Å². The van der Waals surface area contributed by atoms with Gasteiger partial charge in [-0.25, -0.2) is 0 Å². The quantitative estimate of drug-likeness (QED) is 0.690. The van der Waals surface area contributed by atoms with Gasteiger partial charge in [0, 0.05) is 37.3 Å². The Labute approximate surface area is 148 Å². The van der Waals surface area contributed by atoms with Gasteiger partial charge in [-0.3, -0.25) is 19.5 Å². The molecule has 2 N–H and O–H groups in total. The molecule has 0 spiro atoms. The van der Waals surface area contributed by atoms with Crippen LogP contribution in [0.25, 0.3) is 11.0 Å². The maximum Gasteiger partial charge on any atom is 0.256 e. The van der Waals surface area contributed by atoms with Gasteiger partial charge < -0.3 is 9.40 Å². The van der Waals surface area contributed by atoms with Crippen molar-refractivity contribution in [3.63, 3.8) is 0 Å². The second-order valence-corrected chi connectivity index (χ2v) is 6.82. The summed E-state index contributed by atoms with van der Waals surface area (Å²) >= 11 is 5.01. The molecular weight excluding hydrogens is 338 g/mol. The van der Waals surface area contributed by atoms with Crippen LogP contribution in [0.1, 0.15) is 22.4 Å². The SMILES string of the molecule is Cc1ccc2occ(CN3CCc4[nH]c(=S)[nH]c(=O)c4C3)c(=O)c2c1. The molecule has 128 valence electrons. The average molecular weight is 355 g/mol. The van der Waals surface area contributed by atoms with Crippen molar-refractivity contribution in [2.24, 2.45) is 0 Å². The van der Waals surface area contributed by atoms with E-state index in [4.69, 9.17) is 16.6 Å². The summed E-state index contributed by atoms with van der Waals surface area (Å²) < 4.78 is 5.96. The van der Waals surface area contributed by atoms with E-state index in [2.05, 4.69) is 14.9 Å². The summed E-state index contributed by atoms with van der Waals surface area (Å²) in [6.07, 6.45) is 2.22. The van der Waals surface area contributed by atoms with Crippen molar-refractivity contribution in [1.82, 2.24) is 14.9 Å². The molecule has 0 unspecified atom stereocenters. The molecule has 3 heterocycles. The summed E-state index contributed by atoms with van der Waals surface area (Å²) in [5, 5.41) is 0.594. The predicted octanol–water partition coefficient (Wildman–Crippen LogP) is 2.41. The van der Waals surface area contributed by atoms with Crippen molar-refractivity contribution in [2.75, 3.05) is 6.54 Å². The fraction of sp³-hybridized carbons (Fsp3) is 0.278. The molecule has 0 radical (unpaired) electrons. The van der Waals surface area contributed by atoms with E-state index >= 15 is 0 Å². The molecule has 0 atom stereocenters. The topological polar surface area (TPSA) is 82.1 Å². The van der Waals surface area contributed by atoms with Gasteiger partial charge in [0.15, 0.2) is 10.2 Å². The fourth-order valence-corrected chi connectivity index (χ4v) is 3.50. The van der Waals surface area contributed by atoms with Crippen LogP contribution in [0.2, 0.25) is 0 Å². The first kappa shape index (κ1) is 16.0. The van der Waals surface area contributed by atoms with Crippen molar-refractivity contribution >= 4 is 23.2 Å². The molecule has 1 aliphatic rings. The Morgan fingerprint density at radius 1 is 1.28 bits per heavy atom. The minimum absolute atomic E-state index is 0.0166. The molecule has 1 aliphatic heterocycles. The summed E-state index contributed by atoms with van der Waals surface area (Å²) in [5.74, 6) is 0. The zero-order valence-electron chi connectivity index (χ0n) is 13.7. The number of nitrogens with zero attached hydrogens (tertiary/aromatic N) is 1. The van der Waals surface area contributed by atoms with Crippen LogP contribution in [0, 0.1) is 11.7 Å². The molecule has 0 amide bonds. The summed E-state index contributed by atoms with van der Waals surface area (Å²) in [6, 6.07) is 5.58. The number of nitrogens with one attached hydrogen (secondary N) is 2. The third-order valence-electron chi connectivity index (χ3n) is 4.58. The minimum atomic E-state index is -0.162. The van der Waals surface area contributed by atoms with Crippen LogP contribution in [0.4, 0.5) is 0 Å². The average Bonchev–Trinajstić information content (AvgIpc) is 2.58. The Bertz CT molecular complexity index is 1140. The van der Waals surface area contributed by atoms with E-state index in [0.29, 0.717) is 46.4 Å². The normalized spacial score (nSPS) is 14.6. The first-order chi connectivity index (χ1) is 12.0. The van der Waals surface area contributed by atoms with Gasteiger partial charge in [-0.2, -0.15) is 0 Å². The standard InChI is InChI=1S/C18H17N3O3S/c1-10-2-3-15-12(6-10)16(22)11(9-24-15)7-21-5-4-14-13(8-21)17(23)20-18(25)19-14/h2-3,6,9H,4-5,7-8H2,1H3,(H2,19,20,23,25). The lowest BCUT2D eigenvalue weighted by molar-refractivity contribution is 0.239. The Morgan fingerprint density at radius 3 is 2.96 bits per heavy atom. The fourth-order valence-electron chi connectivity index (χ4n) is 3.28. The smallest absolute Gasteiger partial charge is 0.256 e. The number of H-pyrrole nitrogens is 2. The predicted molar refractivity (Wildman–Crippen MR) is 97.3 cm³/mol. The highest BCUT2D eigenvalue weighted by atomic mass is 32.1. The van der Waals surface area contributed by atoms with Crippen molar-refractivity contribution in [3.8, 4) is 0 Å². The van der Waals surface area contributed by atoms with Gasteiger partial charge in [0.05, 0.1) is 17.2 Å². The number of fused-ring (bicyclic) bond motifs is 2. The highest BCUT2D eigenvalue weighted by Crippen LogP contribution is 2.17. The van der Waals surface area contributed by atoms with Gasteiger partial charge in [-0.15, -0.1) is 0 Å². The van der Waals surface area contributed by atoms with E-state index in [1.54, 1.807) is 0 Å². The van der Waals surface area contributed by atoms with Gasteiger partial charge in [-0.05, 0) is 31.3 Å². The molecule has 1 aromatic carbocycles. The first-order valence-electron chi connectivity index (χ1n) is 8.09. The molecule has 0 fully saturated rings. The molecule has 25 heavy (non-hydrogen) atoms. The molecule has 0 bridgehead atoms. The monoisotopic (exact) mass is 355 g/mol. The van der Waals surface area contributed by atoms with Gasteiger partial charge in [0.1, 0.15) is 5.58 Å². The molecule has 6 nitrogen and oxygen atoms in total. The van der Waals surface area contributed by atoms with Gasteiger partial charge in [0.25, 0.3) is 5.56 Å². The lowest BCUT2D eigenvalue weighted by Crippen LogP contribution is -2.36. The Morgan fingerprint density at radius 2 is 2.12 bits per heavy atom. The van der Waals surface area contributed by atoms with E-state index < -0.39 is 0 Å². The summed E-state index contributed by atoms with van der Waals surface area (Å²) in [5.41, 5.74) is 3.59. The number of hydrogen-bond acceptors (Lipinski definition) is 5. The molecular formula is C18H17N3O3S. The highest BCUT2D eigenvalue weighted by molar-refractivity contribution is 7.71. The van der Waals surface area contributed by atoms with Crippen LogP contribution in [0.15, 0.2) is 38.5 Å². The van der Waals surface area contributed by atoms with Crippen LogP contribution in [0.3, 0.4) is 0 Å². The zero-order chi connectivity index (χ0) is 17.6. The van der Waals surface area contributed by atoms with Crippen LogP contribution >= 0.6 is 12.2 Å². The molecule has 2 aromatic heterocycles. The lowest BCUT2D eigenvalue weighted by Gasteiger charge is -2.27. The summed E-state index contributed by atoms with van der Waals surface area (Å²) in [7, 11) is 0. The largest absolute Gasteiger partial charge is 0.464 e. The lowest BCUT2D eigenvalue weighted by atomic mass is 10.1. The minimum Gasteiger partial charge on any atom is -0.464 e. The van der Waals surface area contributed by atoms with E-state index in [-0.39, 0.29) is 11.0 Å². The second-order valence-electron chi connectivity index (χ2n) is 6.42. The second kappa shape index (κ2) is 6.09. The maximum absolute atomic E-state index is 12.7. The molecule has 4 rings (SSSR count). The molecule has 0 saturated heterocycles. The van der Waals surface area contributed by atoms with Crippen molar-refractivity contribution in [3.05, 3.63) is 72.2 Å². The third kappa shape index (κ3) is 2.96. The van der Waals surface area contributed by atoms with Crippen molar-refractivity contribution < 1.29 is 4.42 Å². The Balaban J connectivity index is 1.66. The summed E-state index contributed by atoms with van der Waals surface area (Å²) in [4.78, 5) is 32.6. The van der Waals surface area contributed by atoms with Gasteiger partial charge in [-0.1, -0.05) is 11.6 Å². The highest BCUT2D eigenvalue weighted by Gasteiger charge is 2.21. The number of hydrogen-bond donors (Lipinski definition) is 2. The van der Waals surface area contributed by atoms with Crippen LogP contribution in [-0.4, -0.2) is 21.4 Å². The molecule has 0 aliphatic carbocycles. The molecule has 3 aromatic rings. The van der Waals surface area contributed by atoms with Gasteiger partial charge in [0.2, 0.25) is 0 Å². The van der Waals surface area contributed by atoms with E-state index in [1.807, 2.05) is 25.1 Å². The number of benzene rings is 1. The number of aryl methyl sites for hydroxylation is 1. The van der Waals surface area contributed by atoms with Crippen LogP contribution in [-0.2, 0) is 19.5 Å².